The molecule has 0 atom stereocenters. The van der Waals surface area contributed by atoms with Crippen LogP contribution in [0.3, 0.4) is 0 Å². The predicted octanol–water partition coefficient (Wildman–Crippen LogP) is 6.56. The van der Waals surface area contributed by atoms with Crippen molar-refractivity contribution in [1.82, 2.24) is 15.0 Å². The van der Waals surface area contributed by atoms with Crippen molar-refractivity contribution in [2.75, 3.05) is 30.2 Å². The highest BCUT2D eigenvalue weighted by Crippen LogP contribution is 2.32. The van der Waals surface area contributed by atoms with Crippen LogP contribution in [0.15, 0.2) is 72.8 Å². The number of benzene rings is 3. The number of methoxy groups -OCH3 is 2. The number of esters is 3. The van der Waals surface area contributed by atoms with Gasteiger partial charge in [-0.25, -0.2) is 14.4 Å². The maximum Gasteiger partial charge on any atom is 0.338 e. The van der Waals surface area contributed by atoms with Crippen molar-refractivity contribution in [3.63, 3.8) is 0 Å². The Balaban J connectivity index is 1.35. The minimum Gasteiger partial charge on any atom is -0.465 e. The van der Waals surface area contributed by atoms with Crippen molar-refractivity contribution in [1.29, 1.82) is 0 Å². The van der Waals surface area contributed by atoms with E-state index in [1.807, 2.05) is 6.92 Å². The molecule has 5 rings (SSSR count). The molecule has 0 amide bonds. The molecule has 1 aliphatic rings. The van der Waals surface area contributed by atoms with Crippen LogP contribution in [-0.2, 0) is 14.2 Å². The maximum atomic E-state index is 12.8. The molecule has 4 aromatic rings. The van der Waals surface area contributed by atoms with Crippen LogP contribution in [0, 0.1) is 0 Å². The number of nitrogens with one attached hydrogen (secondary N) is 3. The maximum absolute atomic E-state index is 12.8. The summed E-state index contributed by atoms with van der Waals surface area (Å²) in [5.41, 5.74) is 2.73. The third-order valence-electron chi connectivity index (χ3n) is 7.39. The summed E-state index contributed by atoms with van der Waals surface area (Å²) in [4.78, 5) is 49.9. The van der Waals surface area contributed by atoms with E-state index in [9.17, 15) is 14.4 Å². The fraction of sp³-hybridized carbons (Fsp3) is 0.273. The molecule has 1 aliphatic carbocycles. The van der Waals surface area contributed by atoms with E-state index in [0.29, 0.717) is 33.8 Å². The van der Waals surface area contributed by atoms with Crippen molar-refractivity contribution in [3.05, 3.63) is 89.5 Å². The topological polar surface area (TPSA) is 154 Å². The molecule has 45 heavy (non-hydrogen) atoms. The first kappa shape index (κ1) is 30.9. The number of carbonyl (C=O) groups excluding carboxylic acids is 3. The van der Waals surface area contributed by atoms with Gasteiger partial charge in [-0.1, -0.05) is 6.42 Å². The van der Waals surface area contributed by atoms with Gasteiger partial charge in [-0.05, 0) is 105 Å². The normalized spacial score (nSPS) is 13.7. The second-order valence-corrected chi connectivity index (χ2v) is 10.8. The average Bonchev–Trinajstić information content (AvgIpc) is 3.05. The summed E-state index contributed by atoms with van der Waals surface area (Å²) < 4.78 is 15.4. The molecule has 1 aromatic heterocycles. The third-order valence-corrected chi connectivity index (χ3v) is 7.39. The molecule has 3 aromatic carbocycles. The van der Waals surface area contributed by atoms with E-state index in [0.717, 1.165) is 25.7 Å². The Morgan fingerprint density at radius 3 is 1.22 bits per heavy atom. The number of rotatable bonds is 10. The Bertz CT molecular complexity index is 1570. The van der Waals surface area contributed by atoms with Crippen LogP contribution in [0.1, 0.15) is 70.1 Å². The Morgan fingerprint density at radius 2 is 0.889 bits per heavy atom. The van der Waals surface area contributed by atoms with Crippen molar-refractivity contribution < 1.29 is 28.6 Å². The average molecular weight is 611 g/mol. The largest absolute Gasteiger partial charge is 0.465 e. The zero-order valence-corrected chi connectivity index (χ0v) is 25.3. The minimum atomic E-state index is -0.444. The molecule has 1 saturated carbocycles. The summed E-state index contributed by atoms with van der Waals surface area (Å²) >= 11 is 0. The van der Waals surface area contributed by atoms with Crippen LogP contribution < -0.4 is 16.0 Å². The van der Waals surface area contributed by atoms with E-state index >= 15 is 0 Å². The molecule has 1 fully saturated rings. The Labute approximate surface area is 260 Å². The van der Waals surface area contributed by atoms with Crippen LogP contribution >= 0.6 is 0 Å². The van der Waals surface area contributed by atoms with Gasteiger partial charge in [0, 0.05) is 17.1 Å². The number of ether oxygens (including phenoxy) is 3. The molecular weight excluding hydrogens is 576 g/mol. The van der Waals surface area contributed by atoms with Crippen molar-refractivity contribution >= 4 is 52.8 Å². The fourth-order valence-corrected chi connectivity index (χ4v) is 4.92. The molecule has 0 bridgehead atoms. The predicted molar refractivity (Wildman–Crippen MR) is 169 cm³/mol. The van der Waals surface area contributed by atoms with Crippen molar-refractivity contribution in [2.45, 2.75) is 44.6 Å². The second-order valence-electron chi connectivity index (χ2n) is 10.8. The molecule has 12 heteroatoms. The summed E-state index contributed by atoms with van der Waals surface area (Å²) in [5.74, 6) is -0.584. The Kier molecular flexibility index (Phi) is 9.51. The van der Waals surface area contributed by atoms with Gasteiger partial charge in [0.1, 0.15) is 5.60 Å². The molecule has 0 saturated heterocycles. The Hall–Kier alpha value is -5.52. The van der Waals surface area contributed by atoms with E-state index in [1.165, 1.54) is 20.6 Å². The summed E-state index contributed by atoms with van der Waals surface area (Å²) in [6.07, 6.45) is 5.03. The summed E-state index contributed by atoms with van der Waals surface area (Å²) in [6.45, 7) is 2.00. The Morgan fingerprint density at radius 1 is 0.556 bits per heavy atom. The van der Waals surface area contributed by atoms with Crippen LogP contribution in [0.2, 0.25) is 0 Å². The first-order valence-electron chi connectivity index (χ1n) is 14.5. The highest BCUT2D eigenvalue weighted by Gasteiger charge is 2.31. The van der Waals surface area contributed by atoms with E-state index in [4.69, 9.17) is 14.2 Å². The van der Waals surface area contributed by atoms with Gasteiger partial charge in [0.25, 0.3) is 0 Å². The third kappa shape index (κ3) is 8.11. The lowest BCUT2D eigenvalue weighted by Crippen LogP contribution is -2.33. The number of hydrogen-bond donors (Lipinski definition) is 3. The number of aromatic nitrogens is 3. The van der Waals surface area contributed by atoms with Crippen LogP contribution in [0.4, 0.5) is 34.9 Å². The first-order valence-corrected chi connectivity index (χ1v) is 14.5. The monoisotopic (exact) mass is 610 g/mol. The number of carbonyl (C=O) groups is 3. The zero-order valence-electron chi connectivity index (χ0n) is 25.3. The standard InChI is InChI=1S/C33H34N6O6/c1-33(19-5-4-6-20-33)45-29(42)23-11-17-26(18-12-23)36-32-38-30(34-24-13-7-21(8-14-24)27(40)43-2)37-31(39-32)35-25-15-9-22(10-16-25)28(41)44-3/h7-18H,4-6,19-20H2,1-3H3,(H3,34,35,36,37,38,39). The molecule has 3 N–H and O–H groups in total. The molecule has 0 spiro atoms. The van der Waals surface area contributed by atoms with Crippen molar-refractivity contribution in [2.24, 2.45) is 0 Å². The summed E-state index contributed by atoms with van der Waals surface area (Å²) in [7, 11) is 2.64. The van der Waals surface area contributed by atoms with E-state index in [-0.39, 0.29) is 23.8 Å². The first-order chi connectivity index (χ1) is 21.7. The lowest BCUT2D eigenvalue weighted by Gasteiger charge is -2.33. The van der Waals surface area contributed by atoms with Gasteiger partial charge in [-0.2, -0.15) is 15.0 Å². The number of nitrogens with zero attached hydrogens (tertiary/aromatic N) is 3. The second kappa shape index (κ2) is 13.8. The van der Waals surface area contributed by atoms with Crippen LogP contribution in [-0.4, -0.2) is 52.7 Å². The lowest BCUT2D eigenvalue weighted by atomic mass is 9.86. The highest BCUT2D eigenvalue weighted by atomic mass is 16.6. The fourth-order valence-electron chi connectivity index (χ4n) is 4.92. The minimum absolute atomic E-state index is 0.216. The van der Waals surface area contributed by atoms with Crippen LogP contribution in [0.5, 0.6) is 0 Å². The van der Waals surface area contributed by atoms with Gasteiger partial charge in [0.05, 0.1) is 30.9 Å². The van der Waals surface area contributed by atoms with Gasteiger partial charge in [-0.3, -0.25) is 0 Å². The van der Waals surface area contributed by atoms with E-state index in [2.05, 4.69) is 30.9 Å². The highest BCUT2D eigenvalue weighted by molar-refractivity contribution is 5.91. The molecule has 12 nitrogen and oxygen atoms in total. The van der Waals surface area contributed by atoms with Gasteiger partial charge in [-0.15, -0.1) is 0 Å². The smallest absolute Gasteiger partial charge is 0.338 e. The molecule has 0 radical (unpaired) electrons. The molecule has 232 valence electrons. The number of hydrogen-bond acceptors (Lipinski definition) is 12. The van der Waals surface area contributed by atoms with Gasteiger partial charge < -0.3 is 30.2 Å². The quantitative estimate of drug-likeness (QED) is 0.132. The number of anilines is 6. The van der Waals surface area contributed by atoms with Gasteiger partial charge >= 0.3 is 17.9 Å². The van der Waals surface area contributed by atoms with E-state index in [1.54, 1.807) is 72.8 Å². The summed E-state index contributed by atoms with van der Waals surface area (Å²) in [5, 5.41) is 9.40. The lowest BCUT2D eigenvalue weighted by molar-refractivity contribution is -0.0269. The molecular formula is C33H34N6O6. The van der Waals surface area contributed by atoms with E-state index < -0.39 is 17.5 Å². The zero-order chi connectivity index (χ0) is 31.8. The van der Waals surface area contributed by atoms with Crippen molar-refractivity contribution in [3.8, 4) is 0 Å². The summed E-state index contributed by atoms with van der Waals surface area (Å²) in [6, 6.07) is 20.2. The van der Waals surface area contributed by atoms with Gasteiger partial charge in [0.2, 0.25) is 17.8 Å². The van der Waals surface area contributed by atoms with Gasteiger partial charge in [0.15, 0.2) is 0 Å². The molecule has 0 unspecified atom stereocenters. The SMILES string of the molecule is COC(=O)c1ccc(Nc2nc(Nc3ccc(C(=O)OC)cc3)nc(Nc3ccc(C(=O)OC4(C)CCCCC4)cc3)n2)cc1. The molecule has 1 heterocycles. The van der Waals surface area contributed by atoms with Crippen LogP contribution in [0.25, 0.3) is 0 Å². The molecule has 0 aliphatic heterocycles.